The van der Waals surface area contributed by atoms with Crippen molar-refractivity contribution in [3.05, 3.63) is 83.1 Å². The average Bonchev–Trinajstić information content (AvgIpc) is 2.64. The molecule has 0 aliphatic carbocycles. The molecule has 0 aliphatic rings. The van der Waals surface area contributed by atoms with E-state index in [1.807, 2.05) is 18.2 Å². The molecule has 1 heterocycles. The Bertz CT molecular complexity index is 948. The molecule has 0 spiro atoms. The molecule has 3 rings (SSSR count). The second-order valence-electron chi connectivity index (χ2n) is 5.21. The number of anilines is 3. The largest absolute Gasteiger partial charge is 0.354 e. The van der Waals surface area contributed by atoms with E-state index in [0.717, 1.165) is 5.69 Å². The summed E-state index contributed by atoms with van der Waals surface area (Å²) in [6.45, 7) is 0. The molecule has 1 amide bonds. The molecule has 0 saturated heterocycles. The third kappa shape index (κ3) is 4.14. The van der Waals surface area contributed by atoms with Crippen molar-refractivity contribution in [1.29, 1.82) is 5.26 Å². The van der Waals surface area contributed by atoms with E-state index in [1.54, 1.807) is 48.7 Å². The first kappa shape index (κ1) is 16.5. The molecule has 0 fully saturated rings. The number of rotatable bonds is 4. The normalized spacial score (nSPS) is 9.92. The highest BCUT2D eigenvalue weighted by molar-refractivity contribution is 6.30. The average molecular weight is 349 g/mol. The zero-order chi connectivity index (χ0) is 17.6. The lowest BCUT2D eigenvalue weighted by atomic mass is 10.2. The lowest BCUT2D eigenvalue weighted by molar-refractivity contribution is 0.102. The zero-order valence-corrected chi connectivity index (χ0v) is 13.8. The lowest BCUT2D eigenvalue weighted by Crippen LogP contribution is -2.13. The van der Waals surface area contributed by atoms with Crippen molar-refractivity contribution in [2.24, 2.45) is 0 Å². The Hall–Kier alpha value is -3.36. The maximum Gasteiger partial charge on any atom is 0.257 e. The second kappa shape index (κ2) is 7.47. The van der Waals surface area contributed by atoms with E-state index in [1.165, 1.54) is 6.20 Å². The van der Waals surface area contributed by atoms with Crippen molar-refractivity contribution in [2.75, 3.05) is 10.6 Å². The van der Waals surface area contributed by atoms with Crippen LogP contribution in [0.2, 0.25) is 5.02 Å². The van der Waals surface area contributed by atoms with Crippen LogP contribution >= 0.6 is 11.6 Å². The summed E-state index contributed by atoms with van der Waals surface area (Å²) in [5.41, 5.74) is 2.75. The minimum absolute atomic E-state index is 0.338. The van der Waals surface area contributed by atoms with Gasteiger partial charge in [-0.1, -0.05) is 23.7 Å². The molecule has 5 nitrogen and oxygen atoms in total. The number of hydrogen-bond donors (Lipinski definition) is 2. The minimum Gasteiger partial charge on any atom is -0.354 e. The first-order valence-electron chi connectivity index (χ1n) is 7.44. The molecule has 25 heavy (non-hydrogen) atoms. The van der Waals surface area contributed by atoms with Gasteiger partial charge in [-0.05, 0) is 42.5 Å². The number of amides is 1. The number of carbonyl (C=O) groups excluding carboxylic acids is 1. The van der Waals surface area contributed by atoms with Crippen molar-refractivity contribution < 1.29 is 4.79 Å². The smallest absolute Gasteiger partial charge is 0.257 e. The predicted molar refractivity (Wildman–Crippen MR) is 98.1 cm³/mol. The lowest BCUT2D eigenvalue weighted by Gasteiger charge is -2.09. The van der Waals surface area contributed by atoms with Crippen LogP contribution in [-0.4, -0.2) is 10.9 Å². The fourth-order valence-corrected chi connectivity index (χ4v) is 2.34. The van der Waals surface area contributed by atoms with Crippen LogP contribution in [-0.2, 0) is 0 Å². The van der Waals surface area contributed by atoms with Gasteiger partial charge in [0, 0.05) is 16.9 Å². The summed E-state index contributed by atoms with van der Waals surface area (Å²) in [7, 11) is 0. The van der Waals surface area contributed by atoms with Gasteiger partial charge in [0.25, 0.3) is 5.91 Å². The number of benzene rings is 2. The van der Waals surface area contributed by atoms with E-state index >= 15 is 0 Å². The Balaban J connectivity index is 1.77. The maximum atomic E-state index is 12.4. The molecule has 2 N–H and O–H groups in total. The van der Waals surface area contributed by atoms with Gasteiger partial charge in [0.1, 0.15) is 6.07 Å². The Morgan fingerprint density at radius 2 is 1.80 bits per heavy atom. The van der Waals surface area contributed by atoms with Crippen LogP contribution in [0.4, 0.5) is 17.1 Å². The van der Waals surface area contributed by atoms with Gasteiger partial charge < -0.3 is 10.6 Å². The SMILES string of the molecule is N#Cc1ccccc1NC(=O)c1cncc(Nc2ccc(Cl)cc2)c1. The minimum atomic E-state index is -0.338. The molecule has 0 radical (unpaired) electrons. The van der Waals surface area contributed by atoms with Crippen molar-refractivity contribution in [3.63, 3.8) is 0 Å². The van der Waals surface area contributed by atoms with Crippen LogP contribution in [0.25, 0.3) is 0 Å². The molecule has 0 aliphatic heterocycles. The van der Waals surface area contributed by atoms with E-state index in [-0.39, 0.29) is 5.91 Å². The predicted octanol–water partition coefficient (Wildman–Crippen LogP) is 4.60. The number of nitrogens with one attached hydrogen (secondary N) is 2. The Morgan fingerprint density at radius 1 is 1.04 bits per heavy atom. The summed E-state index contributed by atoms with van der Waals surface area (Å²) in [5, 5.41) is 15.6. The topological polar surface area (TPSA) is 77.8 Å². The van der Waals surface area contributed by atoms with E-state index in [2.05, 4.69) is 15.6 Å². The third-order valence-corrected chi connectivity index (χ3v) is 3.68. The van der Waals surface area contributed by atoms with Crippen LogP contribution in [0, 0.1) is 11.3 Å². The van der Waals surface area contributed by atoms with E-state index in [9.17, 15) is 4.79 Å². The number of halogens is 1. The van der Waals surface area contributed by atoms with Gasteiger partial charge in [0.15, 0.2) is 0 Å². The van der Waals surface area contributed by atoms with Crippen molar-refractivity contribution in [1.82, 2.24) is 4.98 Å². The number of nitrogens with zero attached hydrogens (tertiary/aromatic N) is 2. The Morgan fingerprint density at radius 3 is 2.56 bits per heavy atom. The van der Waals surface area contributed by atoms with Gasteiger partial charge in [-0.25, -0.2) is 0 Å². The van der Waals surface area contributed by atoms with Crippen LogP contribution in [0.1, 0.15) is 15.9 Å². The van der Waals surface area contributed by atoms with E-state index < -0.39 is 0 Å². The van der Waals surface area contributed by atoms with Gasteiger partial charge in [0.05, 0.1) is 28.7 Å². The fourth-order valence-electron chi connectivity index (χ4n) is 2.22. The van der Waals surface area contributed by atoms with Crippen molar-refractivity contribution >= 4 is 34.6 Å². The Kier molecular flexibility index (Phi) is 4.93. The standard InChI is InChI=1S/C19H13ClN4O/c20-15-5-7-16(8-6-15)23-17-9-14(11-22-12-17)19(25)24-18-4-2-1-3-13(18)10-21/h1-9,11-12,23H,(H,24,25). The summed E-state index contributed by atoms with van der Waals surface area (Å²) in [6.07, 6.45) is 3.09. The summed E-state index contributed by atoms with van der Waals surface area (Å²) < 4.78 is 0. The Labute approximate surface area is 149 Å². The molecule has 0 unspecified atom stereocenters. The van der Waals surface area contributed by atoms with Gasteiger partial charge in [0.2, 0.25) is 0 Å². The number of hydrogen-bond acceptors (Lipinski definition) is 4. The molecule has 0 atom stereocenters. The number of pyridine rings is 1. The van der Waals surface area contributed by atoms with Crippen LogP contribution in [0.15, 0.2) is 67.0 Å². The maximum absolute atomic E-state index is 12.4. The molecule has 1 aromatic heterocycles. The fraction of sp³-hybridized carbons (Fsp3) is 0. The molecule has 0 saturated carbocycles. The highest BCUT2D eigenvalue weighted by Gasteiger charge is 2.10. The van der Waals surface area contributed by atoms with Crippen molar-refractivity contribution in [2.45, 2.75) is 0 Å². The number of aromatic nitrogens is 1. The first-order chi connectivity index (χ1) is 12.2. The van der Waals surface area contributed by atoms with Crippen molar-refractivity contribution in [3.8, 4) is 6.07 Å². The molecular formula is C19H13ClN4O. The monoisotopic (exact) mass is 348 g/mol. The second-order valence-corrected chi connectivity index (χ2v) is 5.64. The highest BCUT2D eigenvalue weighted by atomic mass is 35.5. The summed E-state index contributed by atoms with van der Waals surface area (Å²) in [4.78, 5) is 16.5. The molecule has 2 aromatic carbocycles. The van der Waals surface area contributed by atoms with Gasteiger partial charge in [-0.15, -0.1) is 0 Å². The summed E-state index contributed by atoms with van der Waals surface area (Å²) >= 11 is 5.87. The molecular weight excluding hydrogens is 336 g/mol. The number of carbonyl (C=O) groups is 1. The van der Waals surface area contributed by atoms with Crippen LogP contribution in [0.3, 0.4) is 0 Å². The number of para-hydroxylation sites is 1. The van der Waals surface area contributed by atoms with Gasteiger partial charge in [-0.3, -0.25) is 9.78 Å². The molecule has 122 valence electrons. The van der Waals surface area contributed by atoms with E-state index in [0.29, 0.717) is 27.5 Å². The quantitative estimate of drug-likeness (QED) is 0.722. The highest BCUT2D eigenvalue weighted by Crippen LogP contribution is 2.20. The first-order valence-corrected chi connectivity index (χ1v) is 7.81. The zero-order valence-electron chi connectivity index (χ0n) is 13.0. The van der Waals surface area contributed by atoms with Crippen LogP contribution < -0.4 is 10.6 Å². The van der Waals surface area contributed by atoms with E-state index in [4.69, 9.17) is 16.9 Å². The molecule has 6 heteroatoms. The van der Waals surface area contributed by atoms with Gasteiger partial charge in [-0.2, -0.15) is 5.26 Å². The number of nitriles is 1. The third-order valence-electron chi connectivity index (χ3n) is 3.43. The molecule has 3 aromatic rings. The van der Waals surface area contributed by atoms with Crippen LogP contribution in [0.5, 0.6) is 0 Å². The summed E-state index contributed by atoms with van der Waals surface area (Å²) in [5.74, 6) is -0.338. The summed E-state index contributed by atoms with van der Waals surface area (Å²) in [6, 6.07) is 17.8. The molecule has 0 bridgehead atoms. The van der Waals surface area contributed by atoms with Gasteiger partial charge >= 0.3 is 0 Å².